The first-order chi connectivity index (χ1) is 15.9. The molecule has 0 radical (unpaired) electrons. The van der Waals surface area contributed by atoms with Crippen LogP contribution in [0.25, 0.3) is 10.9 Å². The lowest BCUT2D eigenvalue weighted by molar-refractivity contribution is 0.0387. The molecule has 1 aliphatic heterocycles. The van der Waals surface area contributed by atoms with Crippen LogP contribution in [0.1, 0.15) is 48.8 Å². The summed E-state index contributed by atoms with van der Waals surface area (Å²) in [5, 5.41) is 13.9. The monoisotopic (exact) mass is 444 g/mol. The average Bonchev–Trinajstić information content (AvgIpc) is 3.23. The number of nitrogens with zero attached hydrogens (tertiary/aromatic N) is 2. The number of H-pyrrole nitrogens is 1. The molecule has 0 amide bonds. The average molecular weight is 445 g/mol. The van der Waals surface area contributed by atoms with E-state index in [1.54, 1.807) is 6.07 Å². The van der Waals surface area contributed by atoms with Crippen molar-refractivity contribution in [1.29, 1.82) is 5.26 Å². The van der Waals surface area contributed by atoms with Gasteiger partial charge in [0.15, 0.2) is 5.78 Å². The molecule has 2 atom stereocenters. The highest BCUT2D eigenvalue weighted by atomic mass is 16.5. The van der Waals surface area contributed by atoms with Gasteiger partial charge in [-0.1, -0.05) is 39.0 Å². The predicted octanol–water partition coefficient (Wildman–Crippen LogP) is 3.90. The summed E-state index contributed by atoms with van der Waals surface area (Å²) in [6, 6.07) is 7.77. The van der Waals surface area contributed by atoms with E-state index in [1.165, 1.54) is 11.3 Å². The zero-order chi connectivity index (χ0) is 23.2. The molecule has 5 rings (SSSR count). The third kappa shape index (κ3) is 3.70. The molecule has 2 aromatic rings. The van der Waals surface area contributed by atoms with Crippen LogP contribution in [0.5, 0.6) is 0 Å². The van der Waals surface area contributed by atoms with Crippen molar-refractivity contribution in [3.05, 3.63) is 58.4 Å². The second kappa shape index (κ2) is 8.48. The van der Waals surface area contributed by atoms with E-state index in [9.17, 15) is 10.1 Å². The second-order valence-electron chi connectivity index (χ2n) is 9.89. The van der Waals surface area contributed by atoms with Gasteiger partial charge in [-0.25, -0.2) is 0 Å². The van der Waals surface area contributed by atoms with Crippen molar-refractivity contribution in [2.45, 2.75) is 32.6 Å². The Labute approximate surface area is 195 Å². The number of benzene rings is 1. The zero-order valence-electron chi connectivity index (χ0n) is 19.7. The highest BCUT2D eigenvalue weighted by Gasteiger charge is 2.48. The van der Waals surface area contributed by atoms with E-state index in [0.717, 1.165) is 68.0 Å². The minimum Gasteiger partial charge on any atom is -0.384 e. The van der Waals surface area contributed by atoms with Crippen LogP contribution < -0.4 is 5.32 Å². The molecule has 0 saturated carbocycles. The van der Waals surface area contributed by atoms with E-state index >= 15 is 0 Å². The van der Waals surface area contributed by atoms with E-state index in [0.29, 0.717) is 5.56 Å². The van der Waals surface area contributed by atoms with Gasteiger partial charge in [-0.05, 0) is 24.1 Å². The molecule has 6 heteroatoms. The molecule has 33 heavy (non-hydrogen) atoms. The molecule has 1 fully saturated rings. The first kappa shape index (κ1) is 21.9. The first-order valence-electron chi connectivity index (χ1n) is 12.0. The SMILES string of the molecule is CCC1=CC2C(=O)c3c([nH]c4cc(C#N)ccc34)C(C)(C)C2C=C1NCCN1CCOCC1. The van der Waals surface area contributed by atoms with Crippen molar-refractivity contribution in [3.8, 4) is 6.07 Å². The Morgan fingerprint density at radius 3 is 2.79 bits per heavy atom. The van der Waals surface area contributed by atoms with E-state index in [2.05, 4.69) is 54.2 Å². The van der Waals surface area contributed by atoms with Crippen LogP contribution in [0.3, 0.4) is 0 Å². The standard InChI is InChI=1S/C27H32N4O2/c1-4-18-14-20-21(15-22(18)29-7-8-31-9-11-33-12-10-31)27(2,3)26-24(25(20)32)19-6-5-17(16-28)13-23(19)30-26/h5-6,13-15,20-21,29-30H,4,7-12H2,1-3H3. The Balaban J connectivity index is 1.47. The topological polar surface area (TPSA) is 81.1 Å². The van der Waals surface area contributed by atoms with Gasteiger partial charge in [-0.2, -0.15) is 5.26 Å². The number of fused-ring (bicyclic) bond motifs is 4. The summed E-state index contributed by atoms with van der Waals surface area (Å²) in [5.41, 5.74) is 5.39. The molecule has 2 aliphatic carbocycles. The van der Waals surface area contributed by atoms with Crippen LogP contribution in [-0.2, 0) is 10.2 Å². The van der Waals surface area contributed by atoms with Crippen molar-refractivity contribution in [2.24, 2.45) is 11.8 Å². The van der Waals surface area contributed by atoms with Gasteiger partial charge in [0.05, 0.1) is 24.8 Å². The number of allylic oxidation sites excluding steroid dienone is 3. The third-order valence-corrected chi connectivity index (χ3v) is 7.64. The lowest BCUT2D eigenvalue weighted by atomic mass is 9.60. The molecule has 2 heterocycles. The number of nitrogens with one attached hydrogen (secondary N) is 2. The Morgan fingerprint density at radius 2 is 2.06 bits per heavy atom. The molecule has 1 aromatic carbocycles. The van der Waals surface area contributed by atoms with E-state index in [1.807, 2.05) is 12.1 Å². The lowest BCUT2D eigenvalue weighted by Gasteiger charge is -2.43. The van der Waals surface area contributed by atoms with Crippen LogP contribution in [0.4, 0.5) is 0 Å². The van der Waals surface area contributed by atoms with Crippen LogP contribution in [0.2, 0.25) is 0 Å². The van der Waals surface area contributed by atoms with Crippen LogP contribution in [0, 0.1) is 23.2 Å². The fourth-order valence-electron chi connectivity index (χ4n) is 5.69. The minimum atomic E-state index is -0.243. The maximum atomic E-state index is 13.8. The maximum Gasteiger partial charge on any atom is 0.172 e. The summed E-state index contributed by atoms with van der Waals surface area (Å²) < 4.78 is 5.45. The highest BCUT2D eigenvalue weighted by Crippen LogP contribution is 2.49. The number of ketones is 1. The summed E-state index contributed by atoms with van der Waals surface area (Å²) >= 11 is 0. The number of carbonyl (C=O) groups excluding carboxylic acids is 1. The maximum absolute atomic E-state index is 13.8. The van der Waals surface area contributed by atoms with Gasteiger partial charge < -0.3 is 15.0 Å². The molecule has 1 saturated heterocycles. The van der Waals surface area contributed by atoms with Gasteiger partial charge in [0.1, 0.15) is 0 Å². The summed E-state index contributed by atoms with van der Waals surface area (Å²) in [7, 11) is 0. The molecule has 172 valence electrons. The van der Waals surface area contributed by atoms with Crippen LogP contribution in [-0.4, -0.2) is 55.1 Å². The minimum absolute atomic E-state index is 0.0715. The number of carbonyl (C=O) groups is 1. The molecule has 3 aliphatic rings. The molecule has 6 nitrogen and oxygen atoms in total. The third-order valence-electron chi connectivity index (χ3n) is 7.64. The summed E-state index contributed by atoms with van der Waals surface area (Å²) in [5.74, 6) is 0.0870. The van der Waals surface area contributed by atoms with Crippen molar-refractivity contribution in [1.82, 2.24) is 15.2 Å². The number of aromatic amines is 1. The van der Waals surface area contributed by atoms with Crippen molar-refractivity contribution in [2.75, 3.05) is 39.4 Å². The largest absolute Gasteiger partial charge is 0.384 e. The number of hydrogen-bond acceptors (Lipinski definition) is 5. The molecule has 0 bridgehead atoms. The fraction of sp³-hybridized carbons (Fsp3) is 0.481. The Kier molecular flexibility index (Phi) is 5.64. The lowest BCUT2D eigenvalue weighted by Crippen LogP contribution is -2.45. The van der Waals surface area contributed by atoms with Gasteiger partial charge in [-0.15, -0.1) is 0 Å². The van der Waals surface area contributed by atoms with Crippen LogP contribution in [0.15, 0.2) is 41.6 Å². The number of Topliss-reactive ketones (excluding diaryl/α,β-unsaturated/α-hetero) is 1. The van der Waals surface area contributed by atoms with Gasteiger partial charge in [0.2, 0.25) is 0 Å². The quantitative estimate of drug-likeness (QED) is 0.731. The Hall–Kier alpha value is -2.88. The van der Waals surface area contributed by atoms with Gasteiger partial charge in [0, 0.05) is 71.3 Å². The zero-order valence-corrected chi connectivity index (χ0v) is 19.7. The molecule has 2 unspecified atom stereocenters. The summed E-state index contributed by atoms with van der Waals surface area (Å²) in [4.78, 5) is 19.7. The number of rotatable bonds is 5. The normalized spacial score (nSPS) is 24.5. The second-order valence-corrected chi connectivity index (χ2v) is 9.89. The van der Waals surface area contributed by atoms with Gasteiger partial charge >= 0.3 is 0 Å². The molecule has 0 spiro atoms. The van der Waals surface area contributed by atoms with Crippen molar-refractivity contribution < 1.29 is 9.53 Å². The predicted molar refractivity (Wildman–Crippen MR) is 129 cm³/mol. The number of aromatic nitrogens is 1. The van der Waals surface area contributed by atoms with Gasteiger partial charge in [0.25, 0.3) is 0 Å². The van der Waals surface area contributed by atoms with Gasteiger partial charge in [-0.3, -0.25) is 9.69 Å². The Bertz CT molecular complexity index is 1190. The first-order valence-corrected chi connectivity index (χ1v) is 12.0. The molecule has 1 aromatic heterocycles. The number of hydrogen-bond donors (Lipinski definition) is 2. The molecule has 2 N–H and O–H groups in total. The molecular weight excluding hydrogens is 412 g/mol. The summed E-state index contributed by atoms with van der Waals surface area (Å²) in [6.45, 7) is 12.1. The fourth-order valence-corrected chi connectivity index (χ4v) is 5.69. The smallest absolute Gasteiger partial charge is 0.172 e. The Morgan fingerprint density at radius 1 is 1.27 bits per heavy atom. The molecular formula is C27H32N4O2. The van der Waals surface area contributed by atoms with Crippen molar-refractivity contribution in [3.63, 3.8) is 0 Å². The van der Waals surface area contributed by atoms with E-state index in [-0.39, 0.29) is 23.0 Å². The number of nitriles is 1. The van der Waals surface area contributed by atoms with Crippen LogP contribution >= 0.6 is 0 Å². The highest BCUT2D eigenvalue weighted by molar-refractivity contribution is 6.12. The van der Waals surface area contributed by atoms with E-state index in [4.69, 9.17) is 4.74 Å². The number of ether oxygens (including phenoxy) is 1. The summed E-state index contributed by atoms with van der Waals surface area (Å²) in [6.07, 6.45) is 5.40. The number of morpholine rings is 1. The van der Waals surface area contributed by atoms with E-state index < -0.39 is 0 Å². The van der Waals surface area contributed by atoms with Crippen molar-refractivity contribution >= 4 is 16.7 Å².